The molecule has 0 aliphatic carbocycles. The van der Waals surface area contributed by atoms with Gasteiger partial charge in [-0.2, -0.15) is 4.98 Å². The van der Waals surface area contributed by atoms with Gasteiger partial charge in [-0.05, 0) is 25.0 Å². The molecule has 1 aromatic heterocycles. The van der Waals surface area contributed by atoms with Gasteiger partial charge in [0.2, 0.25) is 0 Å². The molecular formula is C10H14N3O5P. The second kappa shape index (κ2) is 5.26. The molecule has 2 atom stereocenters. The number of rotatable bonds is 3. The Morgan fingerprint density at radius 1 is 1.53 bits per heavy atom. The third-order valence-electron chi connectivity index (χ3n) is 2.69. The second-order valence-corrected chi connectivity index (χ2v) is 5.66. The number of nitrogen functional groups attached to an aromatic ring is 1. The summed E-state index contributed by atoms with van der Waals surface area (Å²) < 4.78 is 17.5. The average molecular weight is 287 g/mol. The van der Waals surface area contributed by atoms with Crippen molar-refractivity contribution >= 4 is 13.4 Å². The molecule has 1 aromatic rings. The number of hydrogen-bond donors (Lipinski definition) is 3. The number of anilines is 1. The molecule has 2 rings (SSSR count). The van der Waals surface area contributed by atoms with E-state index >= 15 is 0 Å². The summed E-state index contributed by atoms with van der Waals surface area (Å²) >= 11 is 0. The van der Waals surface area contributed by atoms with E-state index in [1.807, 2.05) is 0 Å². The SMILES string of the molecule is Nc1ccn([C@H]2CC[C@@H](/C=C/P(=O)(O)O)O2)c(=O)n1. The van der Waals surface area contributed by atoms with Crippen molar-refractivity contribution in [3.8, 4) is 0 Å². The maximum absolute atomic E-state index is 11.6. The van der Waals surface area contributed by atoms with E-state index in [1.54, 1.807) is 0 Å². The lowest BCUT2D eigenvalue weighted by atomic mass is 10.2. The molecule has 0 bridgehead atoms. The zero-order valence-electron chi connectivity index (χ0n) is 9.92. The van der Waals surface area contributed by atoms with E-state index < -0.39 is 25.6 Å². The lowest BCUT2D eigenvalue weighted by Crippen LogP contribution is -2.27. The van der Waals surface area contributed by atoms with Crippen LogP contribution in [0.25, 0.3) is 0 Å². The van der Waals surface area contributed by atoms with Crippen molar-refractivity contribution in [1.29, 1.82) is 0 Å². The molecule has 1 saturated heterocycles. The van der Waals surface area contributed by atoms with Gasteiger partial charge in [0, 0.05) is 12.0 Å². The van der Waals surface area contributed by atoms with Crippen molar-refractivity contribution in [2.45, 2.75) is 25.2 Å². The summed E-state index contributed by atoms with van der Waals surface area (Å²) in [7, 11) is -4.18. The second-order valence-electron chi connectivity index (χ2n) is 4.18. The highest BCUT2D eigenvalue weighted by Gasteiger charge is 2.26. The van der Waals surface area contributed by atoms with Crippen LogP contribution in [0.3, 0.4) is 0 Å². The van der Waals surface area contributed by atoms with Crippen LogP contribution in [0.5, 0.6) is 0 Å². The smallest absolute Gasteiger partial charge is 0.351 e. The summed E-state index contributed by atoms with van der Waals surface area (Å²) in [6.07, 6.45) is 3.01. The summed E-state index contributed by atoms with van der Waals surface area (Å²) in [5.41, 5.74) is 4.88. The molecule has 1 aliphatic rings. The Morgan fingerprint density at radius 3 is 2.89 bits per heavy atom. The topological polar surface area (TPSA) is 128 Å². The van der Waals surface area contributed by atoms with Gasteiger partial charge in [0.05, 0.1) is 6.10 Å². The summed E-state index contributed by atoms with van der Waals surface area (Å²) in [6.45, 7) is 0. The van der Waals surface area contributed by atoms with Crippen LogP contribution in [-0.2, 0) is 9.30 Å². The molecule has 19 heavy (non-hydrogen) atoms. The zero-order chi connectivity index (χ0) is 14.0. The molecule has 1 fully saturated rings. The van der Waals surface area contributed by atoms with Gasteiger partial charge in [0.15, 0.2) is 0 Å². The van der Waals surface area contributed by atoms with E-state index in [4.69, 9.17) is 20.3 Å². The first-order chi connectivity index (χ1) is 8.85. The Balaban J connectivity index is 2.08. The van der Waals surface area contributed by atoms with Gasteiger partial charge in [-0.3, -0.25) is 9.13 Å². The molecule has 0 spiro atoms. The Bertz CT molecular complexity index is 593. The monoisotopic (exact) mass is 287 g/mol. The van der Waals surface area contributed by atoms with E-state index in [1.165, 1.54) is 22.9 Å². The maximum Gasteiger partial charge on any atom is 0.351 e. The normalized spacial score (nSPS) is 24.1. The highest BCUT2D eigenvalue weighted by molar-refractivity contribution is 7.55. The Hall–Kier alpha value is -1.47. The van der Waals surface area contributed by atoms with E-state index in [9.17, 15) is 9.36 Å². The number of aromatic nitrogens is 2. The molecule has 0 radical (unpaired) electrons. The standard InChI is InChI=1S/C10H14N3O5P/c11-8-3-5-13(10(14)12-8)9-2-1-7(18-9)4-6-19(15,16)17/h3-7,9H,1-2H2,(H2,11,12,14)(H2,15,16,17)/b6-4+/t7-,9+/m0/s1. The van der Waals surface area contributed by atoms with Gasteiger partial charge in [-0.1, -0.05) is 0 Å². The molecule has 0 aromatic carbocycles. The molecule has 1 aliphatic heterocycles. The van der Waals surface area contributed by atoms with Crippen LogP contribution in [0, 0.1) is 0 Å². The third kappa shape index (κ3) is 3.74. The average Bonchev–Trinajstić information content (AvgIpc) is 2.74. The molecule has 2 heterocycles. The molecule has 104 valence electrons. The first-order valence-corrected chi connectivity index (χ1v) is 7.28. The van der Waals surface area contributed by atoms with Crippen molar-refractivity contribution < 1.29 is 19.1 Å². The molecule has 4 N–H and O–H groups in total. The number of nitrogens with zero attached hydrogens (tertiary/aromatic N) is 2. The number of hydrogen-bond acceptors (Lipinski definition) is 5. The van der Waals surface area contributed by atoms with Gasteiger partial charge < -0.3 is 20.3 Å². The quantitative estimate of drug-likeness (QED) is 0.677. The van der Waals surface area contributed by atoms with Crippen LogP contribution < -0.4 is 11.4 Å². The lowest BCUT2D eigenvalue weighted by molar-refractivity contribution is 0.0204. The lowest BCUT2D eigenvalue weighted by Gasteiger charge is -2.13. The van der Waals surface area contributed by atoms with Crippen molar-refractivity contribution in [3.63, 3.8) is 0 Å². The molecule has 0 amide bonds. The summed E-state index contributed by atoms with van der Waals surface area (Å²) in [6, 6.07) is 1.49. The third-order valence-corrected chi connectivity index (χ3v) is 3.25. The number of nitrogens with two attached hydrogens (primary N) is 1. The highest BCUT2D eigenvalue weighted by Crippen LogP contribution is 2.37. The molecule has 0 unspecified atom stereocenters. The predicted molar refractivity (Wildman–Crippen MR) is 67.2 cm³/mol. The van der Waals surface area contributed by atoms with Crippen LogP contribution in [-0.4, -0.2) is 25.4 Å². The largest absolute Gasteiger partial charge is 0.383 e. The van der Waals surface area contributed by atoms with Crippen LogP contribution in [0.15, 0.2) is 29.0 Å². The van der Waals surface area contributed by atoms with Crippen LogP contribution in [0.4, 0.5) is 5.82 Å². The van der Waals surface area contributed by atoms with Gasteiger partial charge in [-0.25, -0.2) is 4.79 Å². The first kappa shape index (κ1) is 14.0. The highest BCUT2D eigenvalue weighted by atomic mass is 31.2. The molecule has 0 saturated carbocycles. The van der Waals surface area contributed by atoms with Crippen molar-refractivity contribution in [3.05, 3.63) is 34.6 Å². The van der Waals surface area contributed by atoms with E-state index in [2.05, 4.69) is 4.98 Å². The Labute approximate surface area is 108 Å². The zero-order valence-corrected chi connectivity index (χ0v) is 10.8. The Kier molecular flexibility index (Phi) is 3.86. The van der Waals surface area contributed by atoms with Gasteiger partial charge in [0.1, 0.15) is 12.0 Å². The molecular weight excluding hydrogens is 273 g/mol. The number of ether oxygens (including phenoxy) is 1. The molecule has 8 nitrogen and oxygen atoms in total. The fourth-order valence-corrected chi connectivity index (χ4v) is 2.26. The van der Waals surface area contributed by atoms with Crippen LogP contribution >= 0.6 is 7.60 Å². The van der Waals surface area contributed by atoms with Gasteiger partial charge in [-0.15, -0.1) is 0 Å². The summed E-state index contributed by atoms with van der Waals surface area (Å²) in [5.74, 6) is 0.946. The van der Waals surface area contributed by atoms with Gasteiger partial charge >= 0.3 is 13.3 Å². The van der Waals surface area contributed by atoms with E-state index in [-0.39, 0.29) is 5.82 Å². The van der Waals surface area contributed by atoms with E-state index in [0.717, 1.165) is 5.82 Å². The summed E-state index contributed by atoms with van der Waals surface area (Å²) in [5, 5.41) is 0. The minimum atomic E-state index is -4.18. The molecule has 9 heteroatoms. The van der Waals surface area contributed by atoms with E-state index in [0.29, 0.717) is 12.8 Å². The van der Waals surface area contributed by atoms with Crippen molar-refractivity contribution in [2.75, 3.05) is 5.73 Å². The predicted octanol–water partition coefficient (Wildman–Crippen LogP) is 0.194. The fraction of sp³-hybridized carbons (Fsp3) is 0.400. The van der Waals surface area contributed by atoms with Crippen molar-refractivity contribution in [1.82, 2.24) is 9.55 Å². The summed E-state index contributed by atoms with van der Waals surface area (Å²) in [4.78, 5) is 32.6. The van der Waals surface area contributed by atoms with Crippen LogP contribution in [0.1, 0.15) is 19.1 Å². The fourth-order valence-electron chi connectivity index (χ4n) is 1.84. The minimum Gasteiger partial charge on any atom is -0.383 e. The maximum atomic E-state index is 11.6. The minimum absolute atomic E-state index is 0.136. The first-order valence-electron chi connectivity index (χ1n) is 5.60. The van der Waals surface area contributed by atoms with Gasteiger partial charge in [0.25, 0.3) is 0 Å². The van der Waals surface area contributed by atoms with Crippen LogP contribution in [0.2, 0.25) is 0 Å². The van der Waals surface area contributed by atoms with Crippen molar-refractivity contribution in [2.24, 2.45) is 0 Å². The Morgan fingerprint density at radius 2 is 2.26 bits per heavy atom.